The van der Waals surface area contributed by atoms with Crippen LogP contribution in [0.4, 0.5) is 26.3 Å². The van der Waals surface area contributed by atoms with Crippen LogP contribution < -0.4 is 9.47 Å². The van der Waals surface area contributed by atoms with Gasteiger partial charge in [0.15, 0.2) is 0 Å². The summed E-state index contributed by atoms with van der Waals surface area (Å²) in [6.07, 6.45) is -6.87. The maximum atomic E-state index is 13.3. The summed E-state index contributed by atoms with van der Waals surface area (Å²) in [6.45, 7) is 1.65. The molecule has 2 aromatic rings. The zero-order valence-corrected chi connectivity index (χ0v) is 17.2. The van der Waals surface area contributed by atoms with Crippen LogP contribution in [-0.2, 0) is 12.4 Å². The van der Waals surface area contributed by atoms with Crippen LogP contribution in [0.25, 0.3) is 0 Å². The zero-order chi connectivity index (χ0) is 23.5. The number of halogens is 6. The van der Waals surface area contributed by atoms with Crippen molar-refractivity contribution in [1.82, 2.24) is 0 Å². The Balaban J connectivity index is 1.60. The molecular weight excluding hydrogens is 438 g/mol. The lowest BCUT2D eigenvalue weighted by molar-refractivity contribution is -0.138. The standard InChI is InChI=1S/C22H20F6N2O2/c1-13(32-16-4-3-14(11-29-2)18(10-16)21(23,24)25)7-8-31-15-5-6-17(20-12-30-20)19(9-15)22(26,27)28/h3-6,9-13,20H,7-8H2,1-2H3. The van der Waals surface area contributed by atoms with Gasteiger partial charge in [0.25, 0.3) is 0 Å². The molecule has 0 saturated carbocycles. The molecule has 0 N–H and O–H groups in total. The molecule has 2 unspecified atom stereocenters. The minimum absolute atomic E-state index is 0.0183. The van der Waals surface area contributed by atoms with Gasteiger partial charge in [-0.2, -0.15) is 26.3 Å². The van der Waals surface area contributed by atoms with Gasteiger partial charge in [-0.15, -0.1) is 0 Å². The van der Waals surface area contributed by atoms with Crippen molar-refractivity contribution in [3.8, 4) is 11.5 Å². The molecule has 0 aromatic heterocycles. The summed E-state index contributed by atoms with van der Waals surface area (Å²) in [4.78, 5) is 7.40. The van der Waals surface area contributed by atoms with Crippen LogP contribution in [-0.4, -0.2) is 32.2 Å². The molecule has 1 aliphatic rings. The van der Waals surface area contributed by atoms with Crippen molar-refractivity contribution in [2.45, 2.75) is 37.8 Å². The van der Waals surface area contributed by atoms with E-state index in [9.17, 15) is 26.3 Å². The average Bonchev–Trinajstić information content (AvgIpc) is 3.53. The van der Waals surface area contributed by atoms with Crippen LogP contribution in [0, 0.1) is 0 Å². The molecular formula is C22H20F6N2O2. The minimum atomic E-state index is -4.57. The number of ether oxygens (including phenoxy) is 2. The molecule has 0 amide bonds. The molecule has 1 heterocycles. The highest BCUT2D eigenvalue weighted by molar-refractivity contribution is 5.82. The minimum Gasteiger partial charge on any atom is -0.493 e. The number of benzene rings is 2. The van der Waals surface area contributed by atoms with Crippen LogP contribution in [0.2, 0.25) is 0 Å². The Labute approximate surface area is 180 Å². The van der Waals surface area contributed by atoms with Gasteiger partial charge < -0.3 is 9.47 Å². The van der Waals surface area contributed by atoms with Crippen LogP contribution in [0.3, 0.4) is 0 Å². The number of hydrogen-bond acceptors (Lipinski definition) is 4. The molecule has 0 bridgehead atoms. The Bertz CT molecular complexity index is 1010. The molecule has 0 saturated heterocycles. The van der Waals surface area contributed by atoms with Crippen molar-refractivity contribution < 1.29 is 35.8 Å². The molecule has 2 aromatic carbocycles. The van der Waals surface area contributed by atoms with E-state index in [0.717, 1.165) is 18.3 Å². The molecule has 0 radical (unpaired) electrons. The second-order valence-corrected chi connectivity index (χ2v) is 7.19. The smallest absolute Gasteiger partial charge is 0.417 e. The predicted molar refractivity (Wildman–Crippen MR) is 108 cm³/mol. The first kappa shape index (κ1) is 23.6. The van der Waals surface area contributed by atoms with Gasteiger partial charge in [0.05, 0.1) is 23.8 Å². The van der Waals surface area contributed by atoms with Crippen LogP contribution in [0.15, 0.2) is 46.4 Å². The normalized spacial score (nSPS) is 16.9. The van der Waals surface area contributed by atoms with Crippen LogP contribution in [0.1, 0.15) is 41.6 Å². The first-order valence-electron chi connectivity index (χ1n) is 9.66. The Kier molecular flexibility index (Phi) is 6.80. The summed E-state index contributed by atoms with van der Waals surface area (Å²) in [7, 11) is 1.37. The van der Waals surface area contributed by atoms with Crippen molar-refractivity contribution >= 4 is 12.4 Å². The van der Waals surface area contributed by atoms with Crippen molar-refractivity contribution in [3.05, 3.63) is 58.7 Å². The number of nitrogens with zero attached hydrogens (tertiary/aromatic N) is 2. The summed E-state index contributed by atoms with van der Waals surface area (Å²) < 4.78 is 90.6. The highest BCUT2D eigenvalue weighted by Crippen LogP contribution is 2.40. The van der Waals surface area contributed by atoms with Crippen LogP contribution in [0.5, 0.6) is 11.5 Å². The van der Waals surface area contributed by atoms with Gasteiger partial charge in [-0.25, -0.2) is 0 Å². The molecule has 1 aliphatic heterocycles. The molecule has 32 heavy (non-hydrogen) atoms. The maximum Gasteiger partial charge on any atom is 0.417 e. The number of alkyl halides is 6. The Morgan fingerprint density at radius 2 is 1.62 bits per heavy atom. The van der Waals surface area contributed by atoms with E-state index in [-0.39, 0.29) is 35.7 Å². The fourth-order valence-electron chi connectivity index (χ4n) is 3.07. The van der Waals surface area contributed by atoms with Crippen molar-refractivity contribution in [2.24, 2.45) is 9.98 Å². The molecule has 2 atom stereocenters. The number of aliphatic imine (C=N–C) groups is 2. The highest BCUT2D eigenvalue weighted by atomic mass is 19.4. The van der Waals surface area contributed by atoms with E-state index in [1.165, 1.54) is 37.5 Å². The molecule has 3 rings (SSSR count). The molecule has 0 spiro atoms. The topological polar surface area (TPSA) is 43.2 Å². The second kappa shape index (κ2) is 9.22. The second-order valence-electron chi connectivity index (χ2n) is 7.19. The van der Waals surface area contributed by atoms with E-state index < -0.39 is 35.6 Å². The SMILES string of the molecule is CN=Cc1ccc(OC(C)CCOc2ccc(C3C=N3)c(C(F)(F)F)c2)cc1C(F)(F)F. The average molecular weight is 458 g/mol. The lowest BCUT2D eigenvalue weighted by atomic mass is 10.0. The summed E-state index contributed by atoms with van der Waals surface area (Å²) in [5, 5.41) is 0. The van der Waals surface area contributed by atoms with Gasteiger partial charge in [-0.05, 0) is 42.8 Å². The van der Waals surface area contributed by atoms with Gasteiger partial charge in [0.1, 0.15) is 17.5 Å². The Morgan fingerprint density at radius 3 is 2.22 bits per heavy atom. The van der Waals surface area contributed by atoms with Gasteiger partial charge in [-0.1, -0.05) is 6.07 Å². The summed E-state index contributed by atoms with van der Waals surface area (Å²) >= 11 is 0. The van der Waals surface area contributed by atoms with E-state index in [1.54, 1.807) is 6.92 Å². The first-order valence-corrected chi connectivity index (χ1v) is 9.66. The van der Waals surface area contributed by atoms with E-state index >= 15 is 0 Å². The van der Waals surface area contributed by atoms with E-state index in [4.69, 9.17) is 9.47 Å². The number of rotatable bonds is 8. The maximum absolute atomic E-state index is 13.3. The zero-order valence-electron chi connectivity index (χ0n) is 17.2. The fourth-order valence-corrected chi connectivity index (χ4v) is 3.07. The van der Waals surface area contributed by atoms with E-state index in [2.05, 4.69) is 9.98 Å². The van der Waals surface area contributed by atoms with E-state index in [1.807, 2.05) is 0 Å². The van der Waals surface area contributed by atoms with Gasteiger partial charge in [0.2, 0.25) is 0 Å². The number of hydrogen-bond donors (Lipinski definition) is 0. The molecule has 0 fully saturated rings. The quantitative estimate of drug-likeness (QED) is 0.353. The molecule has 0 aliphatic carbocycles. The molecule has 10 heteroatoms. The highest BCUT2D eigenvalue weighted by Gasteiger charge is 2.37. The third-order valence-corrected chi connectivity index (χ3v) is 4.68. The van der Waals surface area contributed by atoms with Crippen LogP contribution >= 0.6 is 0 Å². The monoisotopic (exact) mass is 458 g/mol. The molecule has 172 valence electrons. The van der Waals surface area contributed by atoms with Gasteiger partial charge >= 0.3 is 12.4 Å². The Morgan fingerprint density at radius 1 is 1.00 bits per heavy atom. The lowest BCUT2D eigenvalue weighted by Crippen LogP contribution is -2.17. The Hall–Kier alpha value is -3.04. The van der Waals surface area contributed by atoms with Crippen molar-refractivity contribution in [2.75, 3.05) is 13.7 Å². The third kappa shape index (κ3) is 6.02. The predicted octanol–water partition coefficient (Wildman–Crippen LogP) is 6.13. The fraction of sp³-hybridized carbons (Fsp3) is 0.364. The van der Waals surface area contributed by atoms with E-state index in [0.29, 0.717) is 0 Å². The first-order chi connectivity index (χ1) is 15.0. The summed E-state index contributed by atoms with van der Waals surface area (Å²) in [5.74, 6) is 0.0581. The summed E-state index contributed by atoms with van der Waals surface area (Å²) in [5.41, 5.74) is -1.69. The third-order valence-electron chi connectivity index (χ3n) is 4.68. The lowest BCUT2D eigenvalue weighted by Gasteiger charge is -2.18. The largest absolute Gasteiger partial charge is 0.493 e. The van der Waals surface area contributed by atoms with Crippen molar-refractivity contribution in [1.29, 1.82) is 0 Å². The van der Waals surface area contributed by atoms with Gasteiger partial charge in [0, 0.05) is 31.5 Å². The molecule has 4 nitrogen and oxygen atoms in total. The summed E-state index contributed by atoms with van der Waals surface area (Å²) in [6, 6.07) is 6.69. The van der Waals surface area contributed by atoms with Gasteiger partial charge in [-0.3, -0.25) is 9.98 Å². The van der Waals surface area contributed by atoms with Crippen molar-refractivity contribution in [3.63, 3.8) is 0 Å².